The topological polar surface area (TPSA) is 115 Å². The van der Waals surface area contributed by atoms with E-state index in [2.05, 4.69) is 20.0 Å². The number of piperazine rings is 1. The van der Waals surface area contributed by atoms with Crippen LogP contribution in [0.1, 0.15) is 11.5 Å². The van der Waals surface area contributed by atoms with Gasteiger partial charge in [0.2, 0.25) is 10.0 Å². The third kappa shape index (κ3) is 2.71. The van der Waals surface area contributed by atoms with Crippen LogP contribution in [0.25, 0.3) is 11.0 Å². The first kappa shape index (κ1) is 16.9. The normalized spacial score (nSPS) is 16.5. The van der Waals surface area contributed by atoms with Gasteiger partial charge < -0.3 is 19.4 Å². The van der Waals surface area contributed by atoms with Gasteiger partial charge in [-0.2, -0.15) is 4.31 Å². The number of hydrogen-bond acceptors (Lipinski definition) is 6. The van der Waals surface area contributed by atoms with Crippen LogP contribution in [0, 0.1) is 13.8 Å². The van der Waals surface area contributed by atoms with Crippen molar-refractivity contribution in [1.29, 1.82) is 0 Å². The van der Waals surface area contributed by atoms with Crippen LogP contribution in [0.5, 0.6) is 0 Å². The van der Waals surface area contributed by atoms with E-state index in [0.717, 1.165) is 16.7 Å². The van der Waals surface area contributed by atoms with Crippen LogP contribution in [0.4, 0.5) is 5.69 Å². The van der Waals surface area contributed by atoms with Crippen molar-refractivity contribution in [2.24, 2.45) is 0 Å². The number of aryl methyl sites for hydroxylation is 2. The van der Waals surface area contributed by atoms with E-state index in [9.17, 15) is 13.2 Å². The predicted octanol–water partition coefficient (Wildman–Crippen LogP) is 0.972. The molecule has 0 unspecified atom stereocenters. The summed E-state index contributed by atoms with van der Waals surface area (Å²) in [7, 11) is -3.62. The highest BCUT2D eigenvalue weighted by atomic mass is 32.2. The molecule has 9 nitrogen and oxygen atoms in total. The first-order valence-corrected chi connectivity index (χ1v) is 9.70. The molecule has 138 valence electrons. The number of aromatic amines is 2. The van der Waals surface area contributed by atoms with Crippen LogP contribution < -0.4 is 10.6 Å². The van der Waals surface area contributed by atoms with Crippen molar-refractivity contribution in [2.75, 3.05) is 31.1 Å². The Morgan fingerprint density at radius 2 is 1.77 bits per heavy atom. The van der Waals surface area contributed by atoms with E-state index in [4.69, 9.17) is 4.52 Å². The van der Waals surface area contributed by atoms with Gasteiger partial charge in [0.1, 0.15) is 10.6 Å². The lowest BCUT2D eigenvalue weighted by Crippen LogP contribution is -2.48. The largest absolute Gasteiger partial charge is 0.369 e. The quantitative estimate of drug-likeness (QED) is 0.703. The van der Waals surface area contributed by atoms with Crippen molar-refractivity contribution in [1.82, 2.24) is 19.4 Å². The lowest BCUT2D eigenvalue weighted by Gasteiger charge is -2.35. The summed E-state index contributed by atoms with van der Waals surface area (Å²) >= 11 is 0. The Morgan fingerprint density at radius 1 is 1.08 bits per heavy atom. The maximum atomic E-state index is 12.9. The Balaban J connectivity index is 1.54. The van der Waals surface area contributed by atoms with Crippen molar-refractivity contribution in [2.45, 2.75) is 18.7 Å². The molecule has 2 aromatic heterocycles. The molecule has 0 amide bonds. The van der Waals surface area contributed by atoms with Gasteiger partial charge >= 0.3 is 5.69 Å². The zero-order valence-corrected chi connectivity index (χ0v) is 15.3. The molecule has 0 spiro atoms. The number of hydrogen-bond donors (Lipinski definition) is 2. The summed E-state index contributed by atoms with van der Waals surface area (Å²) in [6.07, 6.45) is 0. The number of nitrogens with one attached hydrogen (secondary N) is 2. The number of H-pyrrole nitrogens is 2. The van der Waals surface area contributed by atoms with Crippen molar-refractivity contribution in [3.05, 3.63) is 40.1 Å². The van der Waals surface area contributed by atoms with Gasteiger partial charge in [-0.15, -0.1) is 0 Å². The average molecular weight is 377 g/mol. The highest BCUT2D eigenvalue weighted by molar-refractivity contribution is 7.89. The molecule has 10 heteroatoms. The van der Waals surface area contributed by atoms with E-state index in [-0.39, 0.29) is 10.6 Å². The minimum Gasteiger partial charge on any atom is -0.369 e. The van der Waals surface area contributed by atoms with Crippen LogP contribution in [-0.4, -0.2) is 54.0 Å². The molecule has 0 bridgehead atoms. The highest BCUT2D eigenvalue weighted by Gasteiger charge is 2.33. The van der Waals surface area contributed by atoms with Crippen LogP contribution >= 0.6 is 0 Å². The van der Waals surface area contributed by atoms with Gasteiger partial charge in [0.15, 0.2) is 5.76 Å². The van der Waals surface area contributed by atoms with Gasteiger partial charge in [0, 0.05) is 31.9 Å². The van der Waals surface area contributed by atoms with Gasteiger partial charge in [0.25, 0.3) is 0 Å². The molecule has 1 aliphatic heterocycles. The highest BCUT2D eigenvalue weighted by Crippen LogP contribution is 2.26. The van der Waals surface area contributed by atoms with E-state index >= 15 is 0 Å². The standard InChI is InChI=1S/C16H19N5O4S/c1-10-15(11(2)25-19-10)26(23,24)21-7-5-20(6-8-21)12-3-4-13-14(9-12)18-16(22)17-13/h3-4,9H,5-8H2,1-2H3,(H2,17,18,22). The van der Waals surface area contributed by atoms with Gasteiger partial charge in [-0.25, -0.2) is 13.2 Å². The van der Waals surface area contributed by atoms with Gasteiger partial charge in [-0.3, -0.25) is 0 Å². The van der Waals surface area contributed by atoms with E-state index in [0.29, 0.717) is 37.6 Å². The summed E-state index contributed by atoms with van der Waals surface area (Å²) in [5.41, 5.74) is 2.57. The monoisotopic (exact) mass is 377 g/mol. The Morgan fingerprint density at radius 3 is 2.42 bits per heavy atom. The molecule has 2 N–H and O–H groups in total. The van der Waals surface area contributed by atoms with Gasteiger partial charge in [-0.1, -0.05) is 5.16 Å². The maximum Gasteiger partial charge on any atom is 0.323 e. The van der Waals surface area contributed by atoms with E-state index < -0.39 is 10.0 Å². The zero-order chi connectivity index (χ0) is 18.5. The van der Waals surface area contributed by atoms with Crippen LogP contribution in [0.3, 0.4) is 0 Å². The van der Waals surface area contributed by atoms with Crippen molar-refractivity contribution >= 4 is 26.7 Å². The number of imidazole rings is 1. The summed E-state index contributed by atoms with van der Waals surface area (Å²) in [5, 5.41) is 3.75. The van der Waals surface area contributed by atoms with Gasteiger partial charge in [0.05, 0.1) is 11.0 Å². The average Bonchev–Trinajstić information content (AvgIpc) is 3.15. The first-order valence-electron chi connectivity index (χ1n) is 8.26. The molecule has 3 aromatic rings. The number of benzene rings is 1. The molecule has 1 saturated heterocycles. The van der Waals surface area contributed by atoms with Crippen molar-refractivity contribution in [3.8, 4) is 0 Å². The third-order valence-electron chi connectivity index (χ3n) is 4.67. The van der Waals surface area contributed by atoms with Crippen LogP contribution in [-0.2, 0) is 10.0 Å². The number of anilines is 1. The fourth-order valence-corrected chi connectivity index (χ4v) is 5.09. The van der Waals surface area contributed by atoms with Crippen LogP contribution in [0.15, 0.2) is 32.4 Å². The van der Waals surface area contributed by atoms with E-state index in [1.807, 2.05) is 18.2 Å². The molecule has 4 rings (SSSR count). The predicted molar refractivity (Wildman–Crippen MR) is 95.9 cm³/mol. The van der Waals surface area contributed by atoms with Crippen molar-refractivity contribution < 1.29 is 12.9 Å². The maximum absolute atomic E-state index is 12.9. The smallest absolute Gasteiger partial charge is 0.323 e. The number of sulfonamides is 1. The minimum absolute atomic E-state index is 0.164. The zero-order valence-electron chi connectivity index (χ0n) is 14.4. The number of nitrogens with zero attached hydrogens (tertiary/aromatic N) is 3. The molecular formula is C16H19N5O4S. The SMILES string of the molecule is Cc1noc(C)c1S(=O)(=O)N1CCN(c2ccc3[nH]c(=O)[nH]c3c2)CC1. The van der Waals surface area contributed by atoms with E-state index in [1.54, 1.807) is 13.8 Å². The molecule has 1 aliphatic rings. The first-order chi connectivity index (χ1) is 12.4. The molecular weight excluding hydrogens is 358 g/mol. The Kier molecular flexibility index (Phi) is 3.88. The minimum atomic E-state index is -3.62. The molecule has 26 heavy (non-hydrogen) atoms. The summed E-state index contributed by atoms with van der Waals surface area (Å²) in [4.78, 5) is 19.1. The van der Waals surface area contributed by atoms with Crippen LogP contribution in [0.2, 0.25) is 0 Å². The second-order valence-electron chi connectivity index (χ2n) is 6.35. The Hall–Kier alpha value is -2.59. The molecule has 0 aliphatic carbocycles. The van der Waals surface area contributed by atoms with Gasteiger partial charge in [-0.05, 0) is 32.0 Å². The second-order valence-corrected chi connectivity index (χ2v) is 8.23. The lowest BCUT2D eigenvalue weighted by molar-refractivity contribution is 0.378. The number of aromatic nitrogens is 3. The summed E-state index contributed by atoms with van der Waals surface area (Å²) in [6, 6.07) is 5.66. The number of fused-ring (bicyclic) bond motifs is 1. The Bertz CT molecular complexity index is 1100. The molecule has 1 aromatic carbocycles. The lowest BCUT2D eigenvalue weighted by atomic mass is 10.2. The molecule has 0 atom stereocenters. The molecule has 0 radical (unpaired) electrons. The van der Waals surface area contributed by atoms with Crippen molar-refractivity contribution in [3.63, 3.8) is 0 Å². The summed E-state index contributed by atoms with van der Waals surface area (Å²) in [5.74, 6) is 0.312. The summed E-state index contributed by atoms with van der Waals surface area (Å²) < 4.78 is 32.2. The second kappa shape index (κ2) is 5.99. The molecule has 3 heterocycles. The Labute approximate surface area is 149 Å². The fraction of sp³-hybridized carbons (Fsp3) is 0.375. The fourth-order valence-electron chi connectivity index (χ4n) is 3.38. The number of rotatable bonds is 3. The summed E-state index contributed by atoms with van der Waals surface area (Å²) in [6.45, 7) is 5.09. The molecule has 1 fully saturated rings. The van der Waals surface area contributed by atoms with E-state index in [1.165, 1.54) is 4.31 Å². The third-order valence-corrected chi connectivity index (χ3v) is 6.81. The molecule has 0 saturated carbocycles.